The van der Waals surface area contributed by atoms with Crippen molar-refractivity contribution in [3.8, 4) is 0 Å². The summed E-state index contributed by atoms with van der Waals surface area (Å²) in [5.41, 5.74) is 0. The normalized spacial score (nSPS) is 10.4. The Kier molecular flexibility index (Phi) is 11.8. The number of rotatable bonds is 11. The zero-order valence-electron chi connectivity index (χ0n) is 10.1. The molecule has 0 atom stereocenters. The Balaban J connectivity index is 3.09. The van der Waals surface area contributed by atoms with E-state index in [1.165, 1.54) is 0 Å². The van der Waals surface area contributed by atoms with Crippen LogP contribution in [0.15, 0.2) is 0 Å². The highest BCUT2D eigenvalue weighted by atomic mass is 16.5. The minimum atomic E-state index is -0.132. The predicted octanol–water partition coefficient (Wildman–Crippen LogP) is -0.998. The van der Waals surface area contributed by atoms with E-state index in [0.29, 0.717) is 33.0 Å². The van der Waals surface area contributed by atoms with Crippen molar-refractivity contribution in [1.29, 1.82) is 0 Å². The van der Waals surface area contributed by atoms with Crippen molar-refractivity contribution in [3.05, 3.63) is 0 Å². The summed E-state index contributed by atoms with van der Waals surface area (Å²) in [7, 11) is 3.45. The molecule has 0 bridgehead atoms. The third-order valence-electron chi connectivity index (χ3n) is 1.73. The summed E-state index contributed by atoms with van der Waals surface area (Å²) in [6.45, 7) is 3.50. The van der Waals surface area contributed by atoms with Crippen LogP contribution in [-0.2, 0) is 19.0 Å². The number of amides is 1. The van der Waals surface area contributed by atoms with Gasteiger partial charge in [-0.3, -0.25) is 4.79 Å². The van der Waals surface area contributed by atoms with Crippen LogP contribution in [0.4, 0.5) is 0 Å². The Labute approximate surface area is 96.6 Å². The smallest absolute Gasteiger partial charge is 0.246 e. The standard InChI is InChI=1S/C10H22N2O4/c1-11-3-6-15-7-8-16-9-10(13)12-4-5-14-2/h11H,3-9H2,1-2H3,(H,12,13). The first-order chi connectivity index (χ1) is 7.81. The van der Waals surface area contributed by atoms with Crippen LogP contribution in [0.25, 0.3) is 0 Å². The molecule has 0 aliphatic carbocycles. The molecular weight excluding hydrogens is 212 g/mol. The van der Waals surface area contributed by atoms with E-state index >= 15 is 0 Å². The third kappa shape index (κ3) is 11.4. The summed E-state index contributed by atoms with van der Waals surface area (Å²) in [4.78, 5) is 11.1. The van der Waals surface area contributed by atoms with Crippen LogP contribution in [0.1, 0.15) is 0 Å². The first kappa shape index (κ1) is 15.3. The maximum absolute atomic E-state index is 11.1. The van der Waals surface area contributed by atoms with Gasteiger partial charge in [-0.25, -0.2) is 0 Å². The van der Waals surface area contributed by atoms with Crippen LogP contribution in [0, 0.1) is 0 Å². The molecule has 0 unspecified atom stereocenters. The summed E-state index contributed by atoms with van der Waals surface area (Å²) in [6.07, 6.45) is 0. The quantitative estimate of drug-likeness (QED) is 0.449. The second-order valence-corrected chi connectivity index (χ2v) is 3.11. The van der Waals surface area contributed by atoms with Crippen LogP contribution in [0.5, 0.6) is 0 Å². The molecule has 6 heteroatoms. The number of ether oxygens (including phenoxy) is 3. The highest BCUT2D eigenvalue weighted by Crippen LogP contribution is 1.79. The number of hydrogen-bond acceptors (Lipinski definition) is 5. The van der Waals surface area contributed by atoms with Crippen molar-refractivity contribution in [2.45, 2.75) is 0 Å². The lowest BCUT2D eigenvalue weighted by atomic mass is 10.6. The third-order valence-corrected chi connectivity index (χ3v) is 1.73. The van der Waals surface area contributed by atoms with Crippen molar-refractivity contribution in [3.63, 3.8) is 0 Å². The Hall–Kier alpha value is -0.690. The number of carbonyl (C=O) groups excluding carboxylic acids is 1. The number of methoxy groups -OCH3 is 1. The average molecular weight is 234 g/mol. The molecule has 0 aromatic rings. The molecule has 0 spiro atoms. The summed E-state index contributed by atoms with van der Waals surface area (Å²) in [5, 5.41) is 5.62. The maximum atomic E-state index is 11.1. The summed E-state index contributed by atoms with van der Waals surface area (Å²) in [5.74, 6) is -0.132. The fraction of sp³-hybridized carbons (Fsp3) is 0.900. The number of likely N-dealkylation sites (N-methyl/N-ethyl adjacent to an activating group) is 1. The zero-order chi connectivity index (χ0) is 12.1. The van der Waals surface area contributed by atoms with Gasteiger partial charge in [0.1, 0.15) is 6.61 Å². The van der Waals surface area contributed by atoms with Gasteiger partial charge in [-0.1, -0.05) is 0 Å². The minimum Gasteiger partial charge on any atom is -0.383 e. The molecule has 2 N–H and O–H groups in total. The summed E-state index contributed by atoms with van der Waals surface area (Å²) >= 11 is 0. The molecule has 0 aromatic heterocycles. The van der Waals surface area contributed by atoms with Gasteiger partial charge in [0, 0.05) is 20.2 Å². The van der Waals surface area contributed by atoms with Crippen LogP contribution >= 0.6 is 0 Å². The fourth-order valence-corrected chi connectivity index (χ4v) is 0.903. The molecule has 0 saturated carbocycles. The molecule has 0 saturated heterocycles. The van der Waals surface area contributed by atoms with Crippen molar-refractivity contribution in [1.82, 2.24) is 10.6 Å². The summed E-state index contributed by atoms with van der Waals surface area (Å²) in [6, 6.07) is 0. The largest absolute Gasteiger partial charge is 0.383 e. The van der Waals surface area contributed by atoms with E-state index in [1.807, 2.05) is 7.05 Å². The van der Waals surface area contributed by atoms with Crippen LogP contribution < -0.4 is 10.6 Å². The van der Waals surface area contributed by atoms with Gasteiger partial charge >= 0.3 is 0 Å². The van der Waals surface area contributed by atoms with Gasteiger partial charge in [-0.15, -0.1) is 0 Å². The van der Waals surface area contributed by atoms with Crippen molar-refractivity contribution in [2.24, 2.45) is 0 Å². The molecule has 96 valence electrons. The Morgan fingerprint density at radius 1 is 1.06 bits per heavy atom. The van der Waals surface area contributed by atoms with Gasteiger partial charge in [-0.05, 0) is 7.05 Å². The minimum absolute atomic E-state index is 0.0686. The van der Waals surface area contributed by atoms with Gasteiger partial charge < -0.3 is 24.8 Å². The molecule has 0 radical (unpaired) electrons. The molecule has 6 nitrogen and oxygen atoms in total. The predicted molar refractivity (Wildman–Crippen MR) is 60.5 cm³/mol. The lowest BCUT2D eigenvalue weighted by Gasteiger charge is -2.06. The Morgan fingerprint density at radius 3 is 2.50 bits per heavy atom. The van der Waals surface area contributed by atoms with Crippen molar-refractivity contribution < 1.29 is 19.0 Å². The highest BCUT2D eigenvalue weighted by Gasteiger charge is 1.99. The zero-order valence-corrected chi connectivity index (χ0v) is 10.1. The SMILES string of the molecule is CNCCOCCOCC(=O)NCCOC. The second-order valence-electron chi connectivity index (χ2n) is 3.11. The van der Waals surface area contributed by atoms with Gasteiger partial charge in [-0.2, -0.15) is 0 Å². The van der Waals surface area contributed by atoms with Crippen LogP contribution in [0.3, 0.4) is 0 Å². The van der Waals surface area contributed by atoms with E-state index in [2.05, 4.69) is 10.6 Å². The van der Waals surface area contributed by atoms with Crippen LogP contribution in [0.2, 0.25) is 0 Å². The lowest BCUT2D eigenvalue weighted by molar-refractivity contribution is -0.126. The Bertz CT molecular complexity index is 167. The number of hydrogen-bond donors (Lipinski definition) is 2. The van der Waals surface area contributed by atoms with E-state index in [4.69, 9.17) is 14.2 Å². The molecule has 16 heavy (non-hydrogen) atoms. The second kappa shape index (κ2) is 12.4. The van der Waals surface area contributed by atoms with E-state index in [9.17, 15) is 4.79 Å². The first-order valence-corrected chi connectivity index (χ1v) is 5.37. The summed E-state index contributed by atoms with van der Waals surface area (Å²) < 4.78 is 15.1. The van der Waals surface area contributed by atoms with E-state index < -0.39 is 0 Å². The maximum Gasteiger partial charge on any atom is 0.246 e. The van der Waals surface area contributed by atoms with Gasteiger partial charge in [0.05, 0.1) is 26.4 Å². The molecule has 0 rings (SSSR count). The van der Waals surface area contributed by atoms with E-state index in [-0.39, 0.29) is 12.5 Å². The number of carbonyl (C=O) groups is 1. The average Bonchev–Trinajstić information content (AvgIpc) is 2.28. The van der Waals surface area contributed by atoms with Crippen molar-refractivity contribution >= 4 is 5.91 Å². The molecule has 0 aliphatic heterocycles. The van der Waals surface area contributed by atoms with Gasteiger partial charge in [0.25, 0.3) is 0 Å². The highest BCUT2D eigenvalue weighted by molar-refractivity contribution is 5.77. The molecule has 0 fully saturated rings. The van der Waals surface area contributed by atoms with E-state index in [0.717, 1.165) is 6.54 Å². The molecule has 0 heterocycles. The first-order valence-electron chi connectivity index (χ1n) is 5.37. The Morgan fingerprint density at radius 2 is 1.81 bits per heavy atom. The monoisotopic (exact) mass is 234 g/mol. The number of nitrogens with one attached hydrogen (secondary N) is 2. The molecular formula is C10H22N2O4. The fourth-order valence-electron chi connectivity index (χ4n) is 0.903. The topological polar surface area (TPSA) is 68.8 Å². The van der Waals surface area contributed by atoms with Crippen molar-refractivity contribution in [2.75, 3.05) is 60.3 Å². The lowest BCUT2D eigenvalue weighted by Crippen LogP contribution is -2.30. The molecule has 1 amide bonds. The molecule has 0 aromatic carbocycles. The van der Waals surface area contributed by atoms with E-state index in [1.54, 1.807) is 7.11 Å². The van der Waals surface area contributed by atoms with Gasteiger partial charge in [0.15, 0.2) is 0 Å². The molecule has 0 aliphatic rings. The van der Waals surface area contributed by atoms with Crippen LogP contribution in [-0.4, -0.2) is 66.2 Å². The van der Waals surface area contributed by atoms with Gasteiger partial charge in [0.2, 0.25) is 5.91 Å².